The number of para-hydroxylation sites is 1. The molecule has 7 heteroatoms. The summed E-state index contributed by atoms with van der Waals surface area (Å²) in [6.45, 7) is 3.86. The fraction of sp³-hybridized carbons (Fsp3) is 0.217. The number of rotatable bonds is 5. The van der Waals surface area contributed by atoms with E-state index in [1.807, 2.05) is 44.2 Å². The normalized spacial score (nSPS) is 12.3. The molecule has 2 heterocycles. The maximum Gasteiger partial charge on any atom is 0.316 e. The van der Waals surface area contributed by atoms with Crippen LogP contribution in [0.25, 0.3) is 33.4 Å². The summed E-state index contributed by atoms with van der Waals surface area (Å²) in [6.07, 6.45) is 0. The zero-order valence-electron chi connectivity index (χ0n) is 16.9. The molecule has 0 bridgehead atoms. The van der Waals surface area contributed by atoms with Crippen LogP contribution in [-0.2, 0) is 9.53 Å². The van der Waals surface area contributed by atoms with Gasteiger partial charge in [0.1, 0.15) is 17.4 Å². The van der Waals surface area contributed by atoms with Crippen molar-refractivity contribution in [1.29, 1.82) is 0 Å². The lowest BCUT2D eigenvalue weighted by Gasteiger charge is -2.14. The summed E-state index contributed by atoms with van der Waals surface area (Å²) in [7, 11) is 1.36. The van der Waals surface area contributed by atoms with Gasteiger partial charge in [-0.3, -0.25) is 4.79 Å². The fourth-order valence-corrected chi connectivity index (χ4v) is 3.44. The van der Waals surface area contributed by atoms with Gasteiger partial charge in [-0.15, -0.1) is 10.2 Å². The van der Waals surface area contributed by atoms with Crippen molar-refractivity contribution < 1.29 is 19.2 Å². The summed E-state index contributed by atoms with van der Waals surface area (Å²) >= 11 is 0. The number of fused-ring (bicyclic) bond motifs is 1. The Morgan fingerprint density at radius 3 is 2.57 bits per heavy atom. The lowest BCUT2D eigenvalue weighted by molar-refractivity contribution is -0.144. The average molecular weight is 403 g/mol. The molecule has 0 aliphatic heterocycles. The van der Waals surface area contributed by atoms with Crippen molar-refractivity contribution in [2.45, 2.75) is 19.8 Å². The number of phenols is 1. The van der Waals surface area contributed by atoms with Crippen LogP contribution in [0, 0.1) is 5.92 Å². The Bertz CT molecular complexity index is 1220. The number of esters is 1. The van der Waals surface area contributed by atoms with Crippen molar-refractivity contribution in [3.05, 3.63) is 60.4 Å². The van der Waals surface area contributed by atoms with E-state index in [0.29, 0.717) is 22.7 Å². The van der Waals surface area contributed by atoms with Gasteiger partial charge >= 0.3 is 5.97 Å². The van der Waals surface area contributed by atoms with E-state index >= 15 is 0 Å². The van der Waals surface area contributed by atoms with Gasteiger partial charge in [0.2, 0.25) is 0 Å². The third-order valence-corrected chi connectivity index (χ3v) is 5.02. The van der Waals surface area contributed by atoms with Gasteiger partial charge in [0.15, 0.2) is 5.76 Å². The van der Waals surface area contributed by atoms with E-state index in [9.17, 15) is 9.90 Å². The third kappa shape index (κ3) is 3.61. The van der Waals surface area contributed by atoms with Crippen molar-refractivity contribution in [3.8, 4) is 28.3 Å². The van der Waals surface area contributed by atoms with Crippen LogP contribution >= 0.6 is 0 Å². The molecule has 0 aliphatic rings. The van der Waals surface area contributed by atoms with E-state index in [4.69, 9.17) is 9.26 Å². The summed E-state index contributed by atoms with van der Waals surface area (Å²) in [5, 5.41) is 23.6. The number of hydrogen-bond acceptors (Lipinski definition) is 7. The van der Waals surface area contributed by atoms with Crippen molar-refractivity contribution in [3.63, 3.8) is 0 Å². The molecule has 30 heavy (non-hydrogen) atoms. The molecule has 152 valence electrons. The molecule has 1 N–H and O–H groups in total. The molecule has 2 aromatic heterocycles. The SMILES string of the molecule is COC(=O)C(c1cc(-c2ccc3nnc(-c4ccccc4O)cc3c2)no1)C(C)C. The van der Waals surface area contributed by atoms with Gasteiger partial charge in [0, 0.05) is 22.6 Å². The summed E-state index contributed by atoms with van der Waals surface area (Å²) in [6, 6.07) is 16.3. The minimum Gasteiger partial charge on any atom is -0.507 e. The highest BCUT2D eigenvalue weighted by Crippen LogP contribution is 2.32. The van der Waals surface area contributed by atoms with Crippen molar-refractivity contribution in [1.82, 2.24) is 15.4 Å². The highest BCUT2D eigenvalue weighted by molar-refractivity contribution is 5.87. The monoisotopic (exact) mass is 403 g/mol. The summed E-state index contributed by atoms with van der Waals surface area (Å²) in [5.74, 6) is -0.254. The van der Waals surface area contributed by atoms with Gasteiger partial charge < -0.3 is 14.4 Å². The molecule has 1 unspecified atom stereocenters. The number of carbonyl (C=O) groups is 1. The number of aromatic hydroxyl groups is 1. The van der Waals surface area contributed by atoms with Gasteiger partial charge in [0.25, 0.3) is 0 Å². The number of phenolic OH excluding ortho intramolecular Hbond substituents is 1. The third-order valence-electron chi connectivity index (χ3n) is 5.02. The standard InChI is InChI=1S/C23H21N3O4/c1-13(2)22(23(28)29-3)21-12-18(26-30-21)14-8-9-17-15(10-14)11-19(25-24-17)16-6-4-5-7-20(16)27/h4-13,22,27H,1-3H3. The molecule has 7 nitrogen and oxygen atoms in total. The minimum absolute atomic E-state index is 0.00577. The summed E-state index contributed by atoms with van der Waals surface area (Å²) in [5.41, 5.74) is 3.34. The second-order valence-corrected chi connectivity index (χ2v) is 7.38. The first kappa shape index (κ1) is 19.6. The molecule has 4 aromatic rings. The van der Waals surface area contributed by atoms with Crippen LogP contribution in [0.15, 0.2) is 59.1 Å². The number of hydrogen-bond donors (Lipinski definition) is 1. The fourth-order valence-electron chi connectivity index (χ4n) is 3.44. The van der Waals surface area contributed by atoms with Crippen LogP contribution in [0.3, 0.4) is 0 Å². The lowest BCUT2D eigenvalue weighted by atomic mass is 9.93. The Kier molecular flexibility index (Phi) is 5.18. The molecule has 0 fully saturated rings. The highest BCUT2D eigenvalue weighted by atomic mass is 16.5. The number of nitrogens with zero attached hydrogens (tertiary/aromatic N) is 3. The number of ether oxygens (including phenoxy) is 1. The molecule has 1 atom stereocenters. The number of methoxy groups -OCH3 is 1. The molecule has 0 amide bonds. The minimum atomic E-state index is -0.518. The van der Waals surface area contributed by atoms with Gasteiger partial charge in [-0.25, -0.2) is 0 Å². The van der Waals surface area contributed by atoms with Gasteiger partial charge in [-0.05, 0) is 36.2 Å². The Hall–Kier alpha value is -3.74. The topological polar surface area (TPSA) is 98.3 Å². The molecule has 2 aromatic carbocycles. The Morgan fingerprint density at radius 1 is 1.03 bits per heavy atom. The van der Waals surface area contributed by atoms with Crippen molar-refractivity contribution in [2.24, 2.45) is 5.92 Å². The Morgan fingerprint density at radius 2 is 1.83 bits per heavy atom. The first-order chi connectivity index (χ1) is 14.5. The summed E-state index contributed by atoms with van der Waals surface area (Å²) in [4.78, 5) is 12.1. The highest BCUT2D eigenvalue weighted by Gasteiger charge is 2.29. The molecule has 4 rings (SSSR count). The smallest absolute Gasteiger partial charge is 0.316 e. The van der Waals surface area contributed by atoms with E-state index < -0.39 is 5.92 Å². The molecule has 0 aliphatic carbocycles. The number of carbonyl (C=O) groups excluding carboxylic acids is 1. The number of benzene rings is 2. The molecule has 0 saturated heterocycles. The second kappa shape index (κ2) is 7.94. The van der Waals surface area contributed by atoms with Crippen LogP contribution in [0.1, 0.15) is 25.5 Å². The van der Waals surface area contributed by atoms with Crippen LogP contribution in [0.4, 0.5) is 0 Å². The molecule has 0 spiro atoms. The largest absolute Gasteiger partial charge is 0.507 e. The second-order valence-electron chi connectivity index (χ2n) is 7.38. The molecule has 0 saturated carbocycles. The average Bonchev–Trinajstić information content (AvgIpc) is 3.22. The van der Waals surface area contributed by atoms with Gasteiger partial charge in [0.05, 0.1) is 18.3 Å². The van der Waals surface area contributed by atoms with Crippen molar-refractivity contribution >= 4 is 16.9 Å². The summed E-state index contributed by atoms with van der Waals surface area (Å²) < 4.78 is 10.4. The van der Waals surface area contributed by atoms with Gasteiger partial charge in [-0.1, -0.05) is 37.2 Å². The predicted octanol–water partition coefficient (Wildman–Crippen LogP) is 4.57. The molecule has 0 radical (unpaired) electrons. The first-order valence-electron chi connectivity index (χ1n) is 9.58. The first-order valence-corrected chi connectivity index (χ1v) is 9.58. The Balaban J connectivity index is 1.73. The zero-order chi connectivity index (χ0) is 21.3. The molecular weight excluding hydrogens is 382 g/mol. The lowest BCUT2D eigenvalue weighted by Crippen LogP contribution is -2.18. The zero-order valence-corrected chi connectivity index (χ0v) is 16.9. The van der Waals surface area contributed by atoms with E-state index in [0.717, 1.165) is 16.5 Å². The van der Waals surface area contributed by atoms with Crippen LogP contribution in [0.2, 0.25) is 0 Å². The maximum atomic E-state index is 12.1. The van der Waals surface area contributed by atoms with E-state index in [2.05, 4.69) is 15.4 Å². The van der Waals surface area contributed by atoms with Crippen molar-refractivity contribution in [2.75, 3.05) is 7.11 Å². The van der Waals surface area contributed by atoms with E-state index in [1.54, 1.807) is 24.3 Å². The maximum absolute atomic E-state index is 12.1. The predicted molar refractivity (Wildman–Crippen MR) is 112 cm³/mol. The van der Waals surface area contributed by atoms with Crippen LogP contribution in [-0.4, -0.2) is 33.5 Å². The van der Waals surface area contributed by atoms with E-state index in [1.165, 1.54) is 7.11 Å². The van der Waals surface area contributed by atoms with E-state index in [-0.39, 0.29) is 17.6 Å². The molecular formula is C23H21N3O4. The quantitative estimate of drug-likeness (QED) is 0.487. The Labute approximate surface area is 173 Å². The van der Waals surface area contributed by atoms with Crippen LogP contribution in [0.5, 0.6) is 5.75 Å². The van der Waals surface area contributed by atoms with Gasteiger partial charge in [-0.2, -0.15) is 0 Å². The van der Waals surface area contributed by atoms with Crippen LogP contribution < -0.4 is 0 Å². The number of aromatic nitrogens is 3.